The molecule has 0 aromatic rings. The standard InChI is InChI=1S/C24H44N4O2/c1-2-27-15-17-28(18-16-27)14-6-13-25-24(30)21-9-11-22(12-10-21)26-23(29)19-20-7-4-3-5-8-20/h20-22H,2-19H2,1H3,(H,25,30)(H,26,29). The van der Waals surface area contributed by atoms with Crippen LogP contribution in [-0.2, 0) is 9.59 Å². The summed E-state index contributed by atoms with van der Waals surface area (Å²) in [6.45, 7) is 9.88. The van der Waals surface area contributed by atoms with E-state index < -0.39 is 0 Å². The van der Waals surface area contributed by atoms with E-state index in [9.17, 15) is 9.59 Å². The van der Waals surface area contributed by atoms with E-state index in [2.05, 4.69) is 27.4 Å². The van der Waals surface area contributed by atoms with Gasteiger partial charge in [0.15, 0.2) is 0 Å². The van der Waals surface area contributed by atoms with Gasteiger partial charge in [0.2, 0.25) is 11.8 Å². The SMILES string of the molecule is CCN1CCN(CCCNC(=O)C2CCC(NC(=O)CC3CCCCC3)CC2)CC1. The summed E-state index contributed by atoms with van der Waals surface area (Å²) in [5, 5.41) is 6.40. The van der Waals surface area contributed by atoms with E-state index in [1.54, 1.807) is 0 Å². The number of likely N-dealkylation sites (N-methyl/N-ethyl adjacent to an activating group) is 1. The summed E-state index contributed by atoms with van der Waals surface area (Å²) >= 11 is 0. The van der Waals surface area contributed by atoms with Crippen LogP contribution < -0.4 is 10.6 Å². The normalized spacial score (nSPS) is 27.0. The van der Waals surface area contributed by atoms with E-state index in [1.807, 2.05) is 0 Å². The van der Waals surface area contributed by atoms with Gasteiger partial charge in [0.25, 0.3) is 0 Å². The number of hydrogen-bond acceptors (Lipinski definition) is 4. The summed E-state index contributed by atoms with van der Waals surface area (Å²) in [5.74, 6) is 1.17. The number of hydrogen-bond donors (Lipinski definition) is 2. The molecule has 30 heavy (non-hydrogen) atoms. The number of nitrogens with zero attached hydrogens (tertiary/aromatic N) is 2. The van der Waals surface area contributed by atoms with Gasteiger partial charge in [-0.15, -0.1) is 0 Å². The van der Waals surface area contributed by atoms with Gasteiger partial charge in [-0.3, -0.25) is 9.59 Å². The van der Waals surface area contributed by atoms with E-state index in [0.29, 0.717) is 12.3 Å². The Balaban J connectivity index is 1.23. The molecule has 1 heterocycles. The molecule has 3 fully saturated rings. The molecule has 0 aromatic heterocycles. The van der Waals surface area contributed by atoms with Crippen LogP contribution in [0.15, 0.2) is 0 Å². The molecule has 1 saturated heterocycles. The Morgan fingerprint density at radius 3 is 2.20 bits per heavy atom. The minimum Gasteiger partial charge on any atom is -0.356 e. The zero-order valence-corrected chi connectivity index (χ0v) is 19.2. The molecule has 2 amide bonds. The molecular formula is C24H44N4O2. The third-order valence-corrected chi connectivity index (χ3v) is 7.52. The Bertz CT molecular complexity index is 519. The zero-order valence-electron chi connectivity index (χ0n) is 19.2. The molecule has 0 aromatic carbocycles. The van der Waals surface area contributed by atoms with Crippen LogP contribution in [0.4, 0.5) is 0 Å². The summed E-state index contributed by atoms with van der Waals surface area (Å²) in [7, 11) is 0. The van der Waals surface area contributed by atoms with Gasteiger partial charge in [-0.25, -0.2) is 0 Å². The fraction of sp³-hybridized carbons (Fsp3) is 0.917. The highest BCUT2D eigenvalue weighted by Crippen LogP contribution is 2.27. The van der Waals surface area contributed by atoms with Crippen LogP contribution in [0.3, 0.4) is 0 Å². The van der Waals surface area contributed by atoms with Gasteiger partial charge in [-0.2, -0.15) is 0 Å². The highest BCUT2D eigenvalue weighted by molar-refractivity contribution is 5.79. The average Bonchev–Trinajstić information content (AvgIpc) is 2.78. The van der Waals surface area contributed by atoms with E-state index in [4.69, 9.17) is 0 Å². The minimum absolute atomic E-state index is 0.129. The topological polar surface area (TPSA) is 64.7 Å². The van der Waals surface area contributed by atoms with Gasteiger partial charge < -0.3 is 20.4 Å². The van der Waals surface area contributed by atoms with Crippen molar-refractivity contribution in [3.8, 4) is 0 Å². The lowest BCUT2D eigenvalue weighted by molar-refractivity contribution is -0.126. The van der Waals surface area contributed by atoms with E-state index >= 15 is 0 Å². The first-order chi connectivity index (χ1) is 14.6. The number of carbonyl (C=O) groups excluding carboxylic acids is 2. The predicted molar refractivity (Wildman–Crippen MR) is 121 cm³/mol. The highest BCUT2D eigenvalue weighted by Gasteiger charge is 2.27. The van der Waals surface area contributed by atoms with Gasteiger partial charge in [-0.1, -0.05) is 26.2 Å². The van der Waals surface area contributed by atoms with Crippen molar-refractivity contribution in [3.63, 3.8) is 0 Å². The second-order valence-electron chi connectivity index (χ2n) is 9.74. The first-order valence-corrected chi connectivity index (χ1v) is 12.7. The van der Waals surface area contributed by atoms with E-state index in [0.717, 1.165) is 64.8 Å². The van der Waals surface area contributed by atoms with Gasteiger partial charge in [0.1, 0.15) is 0 Å². The highest BCUT2D eigenvalue weighted by atomic mass is 16.2. The molecule has 3 aliphatic rings. The Kier molecular flexibility index (Phi) is 9.92. The summed E-state index contributed by atoms with van der Waals surface area (Å²) in [6, 6.07) is 0.270. The van der Waals surface area contributed by atoms with Crippen molar-refractivity contribution in [3.05, 3.63) is 0 Å². The molecule has 172 valence electrons. The smallest absolute Gasteiger partial charge is 0.223 e. The third-order valence-electron chi connectivity index (χ3n) is 7.52. The van der Waals surface area contributed by atoms with Gasteiger partial charge >= 0.3 is 0 Å². The monoisotopic (exact) mass is 420 g/mol. The first kappa shape index (κ1) is 23.5. The van der Waals surface area contributed by atoms with Crippen LogP contribution in [0.5, 0.6) is 0 Å². The van der Waals surface area contributed by atoms with E-state index in [-0.39, 0.29) is 23.8 Å². The molecule has 3 rings (SSSR count). The molecule has 0 spiro atoms. The van der Waals surface area contributed by atoms with Crippen molar-refractivity contribution >= 4 is 11.8 Å². The molecule has 6 heteroatoms. The minimum atomic E-state index is 0.129. The van der Waals surface area contributed by atoms with Crippen LogP contribution in [0.25, 0.3) is 0 Å². The first-order valence-electron chi connectivity index (χ1n) is 12.7. The van der Waals surface area contributed by atoms with E-state index in [1.165, 1.54) is 45.2 Å². The van der Waals surface area contributed by atoms with Crippen LogP contribution in [-0.4, -0.2) is 73.5 Å². The molecule has 1 aliphatic heterocycles. The summed E-state index contributed by atoms with van der Waals surface area (Å²) in [4.78, 5) is 29.8. The average molecular weight is 421 g/mol. The Morgan fingerprint density at radius 1 is 0.867 bits per heavy atom. The molecule has 0 unspecified atom stereocenters. The maximum Gasteiger partial charge on any atom is 0.223 e. The number of amides is 2. The summed E-state index contributed by atoms with van der Waals surface area (Å²) < 4.78 is 0. The van der Waals surface area contributed by atoms with Crippen molar-refractivity contribution in [1.82, 2.24) is 20.4 Å². The maximum atomic E-state index is 12.5. The maximum absolute atomic E-state index is 12.5. The third kappa shape index (κ3) is 7.84. The summed E-state index contributed by atoms with van der Waals surface area (Å²) in [5.41, 5.74) is 0. The Labute approximate surface area is 183 Å². The number of nitrogens with one attached hydrogen (secondary N) is 2. The molecular weight excluding hydrogens is 376 g/mol. The van der Waals surface area contributed by atoms with Crippen molar-refractivity contribution < 1.29 is 9.59 Å². The molecule has 0 bridgehead atoms. The lowest BCUT2D eigenvalue weighted by Gasteiger charge is -2.34. The molecule has 2 aliphatic carbocycles. The largest absolute Gasteiger partial charge is 0.356 e. The summed E-state index contributed by atoms with van der Waals surface area (Å²) in [6.07, 6.45) is 11.8. The van der Waals surface area contributed by atoms with Gasteiger partial charge in [0, 0.05) is 51.1 Å². The number of rotatable bonds is 9. The van der Waals surface area contributed by atoms with Crippen LogP contribution >= 0.6 is 0 Å². The molecule has 0 radical (unpaired) electrons. The van der Waals surface area contributed by atoms with Gasteiger partial charge in [0.05, 0.1) is 0 Å². The fourth-order valence-corrected chi connectivity index (χ4v) is 5.43. The van der Waals surface area contributed by atoms with Crippen LogP contribution in [0.2, 0.25) is 0 Å². The van der Waals surface area contributed by atoms with Crippen LogP contribution in [0.1, 0.15) is 77.6 Å². The van der Waals surface area contributed by atoms with Crippen molar-refractivity contribution in [2.24, 2.45) is 11.8 Å². The lowest BCUT2D eigenvalue weighted by atomic mass is 9.84. The van der Waals surface area contributed by atoms with Crippen molar-refractivity contribution in [2.45, 2.75) is 83.6 Å². The number of carbonyl (C=O) groups is 2. The Morgan fingerprint density at radius 2 is 1.53 bits per heavy atom. The lowest BCUT2D eigenvalue weighted by Crippen LogP contribution is -2.46. The number of piperazine rings is 1. The van der Waals surface area contributed by atoms with Crippen molar-refractivity contribution in [1.29, 1.82) is 0 Å². The molecule has 6 nitrogen and oxygen atoms in total. The van der Waals surface area contributed by atoms with Crippen LogP contribution in [0, 0.1) is 11.8 Å². The Hall–Kier alpha value is -1.14. The molecule has 2 N–H and O–H groups in total. The predicted octanol–water partition coefficient (Wildman–Crippen LogP) is 2.78. The second-order valence-corrected chi connectivity index (χ2v) is 9.74. The van der Waals surface area contributed by atoms with Gasteiger partial charge in [-0.05, 0) is 64.0 Å². The fourth-order valence-electron chi connectivity index (χ4n) is 5.43. The molecule has 2 saturated carbocycles. The molecule has 0 atom stereocenters. The quantitative estimate of drug-likeness (QED) is 0.563. The second kappa shape index (κ2) is 12.7. The zero-order chi connectivity index (χ0) is 21.2. The van der Waals surface area contributed by atoms with Crippen molar-refractivity contribution in [2.75, 3.05) is 45.8 Å².